The molecule has 0 saturated carbocycles. The van der Waals surface area contributed by atoms with E-state index in [1.54, 1.807) is 12.4 Å². The van der Waals surface area contributed by atoms with Crippen LogP contribution in [0.15, 0.2) is 12.4 Å². The molecule has 0 radical (unpaired) electrons. The number of nitrogens with two attached hydrogens (primary N) is 1. The summed E-state index contributed by atoms with van der Waals surface area (Å²) in [5.41, 5.74) is 3.67. The molecule has 0 aliphatic heterocycles. The Morgan fingerprint density at radius 1 is 1.35 bits per heavy atom. The van der Waals surface area contributed by atoms with E-state index in [-0.39, 0.29) is 5.41 Å². The van der Waals surface area contributed by atoms with Gasteiger partial charge in [-0.1, -0.05) is 20.8 Å². The van der Waals surface area contributed by atoms with Crippen LogP contribution in [0.4, 0.5) is 5.82 Å². The summed E-state index contributed by atoms with van der Waals surface area (Å²) in [4.78, 5) is 10.7. The third-order valence-corrected chi connectivity index (χ3v) is 3.18. The molecule has 0 aliphatic carbocycles. The SMILES string of the molecule is CC(N(C)Cc1cnc(NN)cn1)C(C)(C)C. The second-order valence-electron chi connectivity index (χ2n) is 5.49. The number of nitrogen functional groups attached to an aromatic ring is 1. The molecule has 5 heteroatoms. The minimum absolute atomic E-state index is 0.251. The van der Waals surface area contributed by atoms with Gasteiger partial charge in [-0.05, 0) is 19.4 Å². The molecule has 1 unspecified atom stereocenters. The maximum atomic E-state index is 5.24. The standard InChI is InChI=1S/C12H23N5/c1-9(12(2,3)4)17(5)8-10-6-15-11(16-13)7-14-10/h6-7,9H,8,13H2,1-5H3,(H,15,16). The summed E-state index contributed by atoms with van der Waals surface area (Å²) in [6, 6.07) is 0.469. The zero-order chi connectivity index (χ0) is 13.1. The Hall–Kier alpha value is -1.20. The van der Waals surface area contributed by atoms with Crippen LogP contribution in [0.25, 0.3) is 0 Å². The summed E-state index contributed by atoms with van der Waals surface area (Å²) in [7, 11) is 2.10. The van der Waals surface area contributed by atoms with Gasteiger partial charge in [-0.25, -0.2) is 10.8 Å². The van der Waals surface area contributed by atoms with Crippen LogP contribution < -0.4 is 11.3 Å². The maximum absolute atomic E-state index is 5.24. The zero-order valence-electron chi connectivity index (χ0n) is 11.4. The quantitative estimate of drug-likeness (QED) is 0.615. The highest BCUT2D eigenvalue weighted by Gasteiger charge is 2.23. The Morgan fingerprint density at radius 2 is 2.00 bits per heavy atom. The van der Waals surface area contributed by atoms with Gasteiger partial charge in [0.1, 0.15) is 0 Å². The van der Waals surface area contributed by atoms with Crippen molar-refractivity contribution in [2.75, 3.05) is 12.5 Å². The van der Waals surface area contributed by atoms with Gasteiger partial charge in [0.2, 0.25) is 0 Å². The second kappa shape index (κ2) is 5.42. The molecule has 0 aliphatic rings. The molecule has 1 heterocycles. The fourth-order valence-electron chi connectivity index (χ4n) is 1.56. The van der Waals surface area contributed by atoms with Crippen LogP contribution >= 0.6 is 0 Å². The number of hydrazine groups is 1. The fraction of sp³-hybridized carbons (Fsp3) is 0.667. The summed E-state index contributed by atoms with van der Waals surface area (Å²) in [6.07, 6.45) is 3.39. The van der Waals surface area contributed by atoms with Gasteiger partial charge in [-0.2, -0.15) is 0 Å². The number of hydrogen-bond acceptors (Lipinski definition) is 5. The maximum Gasteiger partial charge on any atom is 0.158 e. The Morgan fingerprint density at radius 3 is 2.41 bits per heavy atom. The van der Waals surface area contributed by atoms with Gasteiger partial charge in [0.25, 0.3) is 0 Å². The van der Waals surface area contributed by atoms with Crippen molar-refractivity contribution in [3.8, 4) is 0 Å². The first-order valence-corrected chi connectivity index (χ1v) is 5.82. The molecule has 0 bridgehead atoms. The summed E-state index contributed by atoms with van der Waals surface area (Å²) in [5.74, 6) is 5.83. The van der Waals surface area contributed by atoms with Crippen molar-refractivity contribution < 1.29 is 0 Å². The Bertz CT molecular complexity index is 341. The van der Waals surface area contributed by atoms with Crippen LogP contribution in [0, 0.1) is 5.41 Å². The molecule has 0 spiro atoms. The van der Waals surface area contributed by atoms with E-state index in [9.17, 15) is 0 Å². The summed E-state index contributed by atoms with van der Waals surface area (Å²) in [5, 5.41) is 0. The third kappa shape index (κ3) is 3.94. The number of rotatable bonds is 4. The minimum Gasteiger partial charge on any atom is -0.307 e. The first-order chi connectivity index (χ1) is 7.84. The second-order valence-corrected chi connectivity index (χ2v) is 5.49. The number of aromatic nitrogens is 2. The van der Waals surface area contributed by atoms with Crippen LogP contribution in [0.5, 0.6) is 0 Å². The van der Waals surface area contributed by atoms with E-state index in [1.165, 1.54) is 0 Å². The number of nitrogens with zero attached hydrogens (tertiary/aromatic N) is 3. The molecule has 0 amide bonds. The number of nitrogens with one attached hydrogen (secondary N) is 1. The van der Waals surface area contributed by atoms with Crippen molar-refractivity contribution in [1.82, 2.24) is 14.9 Å². The topological polar surface area (TPSA) is 67.1 Å². The summed E-state index contributed by atoms with van der Waals surface area (Å²) in [6.45, 7) is 9.73. The van der Waals surface area contributed by atoms with E-state index >= 15 is 0 Å². The fourth-order valence-corrected chi connectivity index (χ4v) is 1.56. The molecule has 1 rings (SSSR count). The lowest BCUT2D eigenvalue weighted by atomic mass is 9.87. The van der Waals surface area contributed by atoms with Crippen molar-refractivity contribution >= 4 is 5.82 Å². The molecular formula is C12H23N5. The largest absolute Gasteiger partial charge is 0.307 e. The first-order valence-electron chi connectivity index (χ1n) is 5.82. The molecule has 96 valence electrons. The lowest BCUT2D eigenvalue weighted by Crippen LogP contribution is -2.39. The Kier molecular flexibility index (Phi) is 4.42. The highest BCUT2D eigenvalue weighted by atomic mass is 15.3. The van der Waals surface area contributed by atoms with E-state index in [2.05, 4.69) is 55.0 Å². The normalized spacial score (nSPS) is 13.8. The van der Waals surface area contributed by atoms with Gasteiger partial charge in [0, 0.05) is 12.6 Å². The zero-order valence-corrected chi connectivity index (χ0v) is 11.4. The molecule has 0 saturated heterocycles. The average molecular weight is 237 g/mol. The van der Waals surface area contributed by atoms with Crippen molar-refractivity contribution in [2.45, 2.75) is 40.3 Å². The Labute approximate surface area is 103 Å². The monoisotopic (exact) mass is 237 g/mol. The Balaban J connectivity index is 2.64. The van der Waals surface area contributed by atoms with Crippen LogP contribution in [0.3, 0.4) is 0 Å². The third-order valence-electron chi connectivity index (χ3n) is 3.18. The molecule has 0 fully saturated rings. The van der Waals surface area contributed by atoms with Gasteiger partial charge in [0.05, 0.1) is 18.1 Å². The van der Waals surface area contributed by atoms with E-state index in [1.807, 2.05) is 0 Å². The highest BCUT2D eigenvalue weighted by Crippen LogP contribution is 2.23. The first kappa shape index (κ1) is 13.9. The highest BCUT2D eigenvalue weighted by molar-refractivity contribution is 5.28. The molecule has 17 heavy (non-hydrogen) atoms. The van der Waals surface area contributed by atoms with E-state index in [4.69, 9.17) is 5.84 Å². The lowest BCUT2D eigenvalue weighted by molar-refractivity contribution is 0.133. The van der Waals surface area contributed by atoms with Crippen molar-refractivity contribution in [3.63, 3.8) is 0 Å². The molecule has 1 aromatic heterocycles. The van der Waals surface area contributed by atoms with Crippen molar-refractivity contribution in [3.05, 3.63) is 18.1 Å². The smallest absolute Gasteiger partial charge is 0.158 e. The lowest BCUT2D eigenvalue weighted by Gasteiger charge is -2.35. The van der Waals surface area contributed by atoms with E-state index in [0.717, 1.165) is 12.2 Å². The van der Waals surface area contributed by atoms with Gasteiger partial charge < -0.3 is 5.43 Å². The molecule has 1 aromatic rings. The number of hydrogen-bond donors (Lipinski definition) is 2. The predicted octanol–water partition coefficient (Wildman–Crippen LogP) is 1.63. The van der Waals surface area contributed by atoms with Gasteiger partial charge in [0.15, 0.2) is 5.82 Å². The summed E-state index contributed by atoms with van der Waals surface area (Å²) >= 11 is 0. The van der Waals surface area contributed by atoms with Crippen LogP contribution in [0.1, 0.15) is 33.4 Å². The number of anilines is 1. The predicted molar refractivity (Wildman–Crippen MR) is 70.2 cm³/mol. The van der Waals surface area contributed by atoms with Gasteiger partial charge in [-0.15, -0.1) is 0 Å². The van der Waals surface area contributed by atoms with Crippen LogP contribution in [-0.4, -0.2) is 28.0 Å². The van der Waals surface area contributed by atoms with Crippen LogP contribution in [-0.2, 0) is 6.54 Å². The molecule has 1 atom stereocenters. The van der Waals surface area contributed by atoms with Crippen LogP contribution in [0.2, 0.25) is 0 Å². The average Bonchev–Trinajstić information content (AvgIpc) is 2.27. The van der Waals surface area contributed by atoms with Gasteiger partial charge in [-0.3, -0.25) is 9.88 Å². The van der Waals surface area contributed by atoms with Crippen molar-refractivity contribution in [2.24, 2.45) is 11.3 Å². The molecular weight excluding hydrogens is 214 g/mol. The van der Waals surface area contributed by atoms with E-state index < -0.39 is 0 Å². The molecule has 0 aromatic carbocycles. The molecule has 5 nitrogen and oxygen atoms in total. The molecule has 3 N–H and O–H groups in total. The van der Waals surface area contributed by atoms with E-state index in [0.29, 0.717) is 11.9 Å². The van der Waals surface area contributed by atoms with Crippen molar-refractivity contribution in [1.29, 1.82) is 0 Å². The van der Waals surface area contributed by atoms with Gasteiger partial charge >= 0.3 is 0 Å². The minimum atomic E-state index is 0.251. The summed E-state index contributed by atoms with van der Waals surface area (Å²) < 4.78 is 0.